The minimum atomic E-state index is -1.09. The van der Waals surface area contributed by atoms with Gasteiger partial charge < -0.3 is 19.7 Å². The molecule has 1 amide bonds. The second kappa shape index (κ2) is 9.55. The van der Waals surface area contributed by atoms with E-state index in [0.29, 0.717) is 33.7 Å². The van der Waals surface area contributed by atoms with Crippen LogP contribution in [0.3, 0.4) is 0 Å². The van der Waals surface area contributed by atoms with Crippen LogP contribution in [0.15, 0.2) is 66.2 Å². The molecule has 4 aromatic rings. The van der Waals surface area contributed by atoms with E-state index >= 15 is 0 Å². The monoisotopic (exact) mass is 520 g/mol. The molecule has 37 heavy (non-hydrogen) atoms. The van der Waals surface area contributed by atoms with Crippen LogP contribution in [0.25, 0.3) is 16.0 Å². The lowest BCUT2D eigenvalue weighted by Crippen LogP contribution is -2.29. The number of aromatic nitrogens is 1. The fraction of sp³-hybridized carbons (Fsp3) is 0.148. The Balaban J connectivity index is 1.71. The number of phenols is 1. The summed E-state index contributed by atoms with van der Waals surface area (Å²) in [4.78, 5) is 32.3. The molecule has 1 fully saturated rings. The summed E-state index contributed by atoms with van der Waals surface area (Å²) >= 11 is 1.04. The standard InChI is InChI=1S/C27H21FN2O6S/c1-3-36-17-8-4-14(5-9-17)24(32)22-23(15-6-11-19(31)20(12-15)35-2)30(26(34)25(22)33)27-29-18-10-7-16(28)13-21(18)37-27/h4-13,23,31-32H,3H2,1-2H3. The predicted octanol–water partition coefficient (Wildman–Crippen LogP) is 5.17. The second-order valence-electron chi connectivity index (χ2n) is 8.17. The van der Waals surface area contributed by atoms with Crippen LogP contribution in [0.2, 0.25) is 0 Å². The highest BCUT2D eigenvalue weighted by molar-refractivity contribution is 7.22. The van der Waals surface area contributed by atoms with Crippen LogP contribution in [-0.4, -0.2) is 40.6 Å². The number of carbonyl (C=O) groups is 2. The lowest BCUT2D eigenvalue weighted by Gasteiger charge is -2.23. The zero-order chi connectivity index (χ0) is 26.3. The molecule has 5 rings (SSSR count). The van der Waals surface area contributed by atoms with Crippen LogP contribution in [0.1, 0.15) is 24.1 Å². The van der Waals surface area contributed by atoms with Gasteiger partial charge in [-0.1, -0.05) is 17.4 Å². The molecule has 8 nitrogen and oxygen atoms in total. The molecule has 188 valence electrons. The molecule has 2 heterocycles. The van der Waals surface area contributed by atoms with Gasteiger partial charge in [0.1, 0.15) is 17.3 Å². The molecule has 0 aliphatic carbocycles. The smallest absolute Gasteiger partial charge is 0.301 e. The van der Waals surface area contributed by atoms with Gasteiger partial charge in [0.05, 0.1) is 35.5 Å². The number of nitrogens with zero attached hydrogens (tertiary/aromatic N) is 2. The van der Waals surface area contributed by atoms with Crippen molar-refractivity contribution in [3.05, 3.63) is 83.2 Å². The summed E-state index contributed by atoms with van der Waals surface area (Å²) in [5.74, 6) is -2.08. The Kier molecular flexibility index (Phi) is 6.26. The average Bonchev–Trinajstić information content (AvgIpc) is 3.42. The molecule has 0 spiro atoms. The van der Waals surface area contributed by atoms with Crippen molar-refractivity contribution >= 4 is 44.1 Å². The quantitative estimate of drug-likeness (QED) is 0.205. The highest BCUT2D eigenvalue weighted by Crippen LogP contribution is 2.45. The third kappa shape index (κ3) is 4.25. The zero-order valence-electron chi connectivity index (χ0n) is 19.8. The first-order chi connectivity index (χ1) is 17.8. The number of Topliss-reactive ketones (excluding diaryl/α,β-unsaturated/α-hetero) is 1. The number of phenolic OH excluding ortho intramolecular Hbond substituents is 1. The topological polar surface area (TPSA) is 109 Å². The summed E-state index contributed by atoms with van der Waals surface area (Å²) in [5, 5.41) is 21.5. The number of fused-ring (bicyclic) bond motifs is 1. The third-order valence-corrected chi connectivity index (χ3v) is 6.97. The first-order valence-corrected chi connectivity index (χ1v) is 12.1. The molecule has 0 bridgehead atoms. The van der Waals surface area contributed by atoms with E-state index in [2.05, 4.69) is 4.98 Å². The number of carbonyl (C=O) groups excluding carboxylic acids is 2. The van der Waals surface area contributed by atoms with Gasteiger partial charge in [-0.2, -0.15) is 0 Å². The number of aliphatic hydroxyl groups excluding tert-OH is 1. The fourth-order valence-electron chi connectivity index (χ4n) is 4.23. The van der Waals surface area contributed by atoms with Crippen LogP contribution in [0.4, 0.5) is 9.52 Å². The lowest BCUT2D eigenvalue weighted by molar-refractivity contribution is -0.132. The largest absolute Gasteiger partial charge is 0.507 e. The first kappa shape index (κ1) is 24.3. The Bertz CT molecular complexity index is 1560. The van der Waals surface area contributed by atoms with Gasteiger partial charge in [-0.3, -0.25) is 14.5 Å². The number of benzene rings is 3. The van der Waals surface area contributed by atoms with Gasteiger partial charge in [0, 0.05) is 5.56 Å². The second-order valence-corrected chi connectivity index (χ2v) is 9.18. The summed E-state index contributed by atoms with van der Waals surface area (Å²) in [6.45, 7) is 2.31. The highest BCUT2D eigenvalue weighted by Gasteiger charge is 2.48. The van der Waals surface area contributed by atoms with E-state index in [1.54, 1.807) is 24.3 Å². The van der Waals surface area contributed by atoms with Crippen molar-refractivity contribution in [1.82, 2.24) is 4.98 Å². The van der Waals surface area contributed by atoms with Crippen molar-refractivity contribution in [2.24, 2.45) is 0 Å². The van der Waals surface area contributed by atoms with Gasteiger partial charge >= 0.3 is 5.91 Å². The molecular weight excluding hydrogens is 499 g/mol. The minimum absolute atomic E-state index is 0.121. The SMILES string of the molecule is CCOc1ccc(C(O)=C2C(=O)C(=O)N(c3nc4ccc(F)cc4s3)C2c2ccc(O)c(OC)c2)cc1. The molecule has 0 saturated carbocycles. The van der Waals surface area contributed by atoms with Crippen molar-refractivity contribution in [3.63, 3.8) is 0 Å². The molecule has 1 saturated heterocycles. The summed E-state index contributed by atoms with van der Waals surface area (Å²) in [6, 6.07) is 13.8. The number of aromatic hydroxyl groups is 1. The molecule has 1 unspecified atom stereocenters. The van der Waals surface area contributed by atoms with E-state index in [4.69, 9.17) is 9.47 Å². The molecule has 0 radical (unpaired) electrons. The zero-order valence-corrected chi connectivity index (χ0v) is 20.6. The van der Waals surface area contributed by atoms with E-state index in [0.717, 1.165) is 11.3 Å². The van der Waals surface area contributed by atoms with E-state index in [-0.39, 0.29) is 28.0 Å². The Morgan fingerprint density at radius 3 is 2.57 bits per heavy atom. The van der Waals surface area contributed by atoms with E-state index in [1.807, 2.05) is 6.92 Å². The molecule has 10 heteroatoms. The molecule has 1 aromatic heterocycles. The molecule has 2 N–H and O–H groups in total. The van der Waals surface area contributed by atoms with Gasteiger partial charge in [0.2, 0.25) is 0 Å². The van der Waals surface area contributed by atoms with Gasteiger partial charge in [0.25, 0.3) is 5.78 Å². The maximum absolute atomic E-state index is 13.8. The number of hydrogen-bond donors (Lipinski definition) is 2. The van der Waals surface area contributed by atoms with Gasteiger partial charge in [-0.25, -0.2) is 9.37 Å². The lowest BCUT2D eigenvalue weighted by atomic mass is 9.95. The minimum Gasteiger partial charge on any atom is -0.507 e. The number of anilines is 1. The summed E-state index contributed by atoms with van der Waals surface area (Å²) in [5.41, 5.74) is 1.000. The maximum Gasteiger partial charge on any atom is 0.301 e. The van der Waals surface area contributed by atoms with Crippen LogP contribution in [0.5, 0.6) is 17.2 Å². The normalized spacial score (nSPS) is 16.9. The number of amides is 1. The summed E-state index contributed by atoms with van der Waals surface area (Å²) in [7, 11) is 1.37. The van der Waals surface area contributed by atoms with Crippen LogP contribution in [0, 0.1) is 5.82 Å². The Hall–Kier alpha value is -4.44. The van der Waals surface area contributed by atoms with E-state index in [1.165, 1.54) is 48.4 Å². The number of hydrogen-bond acceptors (Lipinski definition) is 8. The number of ketones is 1. The fourth-order valence-corrected chi connectivity index (χ4v) is 5.25. The molecular formula is C27H21FN2O6S. The average molecular weight is 521 g/mol. The van der Waals surface area contributed by atoms with Crippen molar-refractivity contribution in [3.8, 4) is 17.2 Å². The Labute approximate surface area is 214 Å². The highest BCUT2D eigenvalue weighted by atomic mass is 32.1. The number of rotatable bonds is 6. The van der Waals surface area contributed by atoms with Crippen molar-refractivity contribution in [2.45, 2.75) is 13.0 Å². The van der Waals surface area contributed by atoms with Crippen LogP contribution in [-0.2, 0) is 9.59 Å². The summed E-state index contributed by atoms with van der Waals surface area (Å²) < 4.78 is 25.0. The predicted molar refractivity (Wildman–Crippen MR) is 137 cm³/mol. The van der Waals surface area contributed by atoms with E-state index in [9.17, 15) is 24.2 Å². The Morgan fingerprint density at radius 2 is 1.86 bits per heavy atom. The molecule has 1 aliphatic rings. The van der Waals surface area contributed by atoms with Crippen molar-refractivity contribution in [1.29, 1.82) is 0 Å². The van der Waals surface area contributed by atoms with Gasteiger partial charge in [-0.15, -0.1) is 0 Å². The Morgan fingerprint density at radius 1 is 1.11 bits per heavy atom. The number of methoxy groups -OCH3 is 1. The molecule has 1 atom stereocenters. The van der Waals surface area contributed by atoms with Crippen LogP contribution >= 0.6 is 11.3 Å². The maximum atomic E-state index is 13.8. The van der Waals surface area contributed by atoms with Crippen molar-refractivity contribution in [2.75, 3.05) is 18.6 Å². The van der Waals surface area contributed by atoms with Crippen molar-refractivity contribution < 1.29 is 33.7 Å². The molecule has 3 aromatic carbocycles. The van der Waals surface area contributed by atoms with E-state index < -0.39 is 23.5 Å². The summed E-state index contributed by atoms with van der Waals surface area (Å²) in [6.07, 6.45) is 0. The van der Waals surface area contributed by atoms with Crippen LogP contribution < -0.4 is 14.4 Å². The van der Waals surface area contributed by atoms with Gasteiger partial charge in [-0.05, 0) is 67.1 Å². The first-order valence-electron chi connectivity index (χ1n) is 11.3. The number of halogens is 1. The third-order valence-electron chi connectivity index (χ3n) is 5.95. The number of aliphatic hydroxyl groups is 1. The molecule has 1 aliphatic heterocycles. The van der Waals surface area contributed by atoms with Gasteiger partial charge in [0.15, 0.2) is 16.6 Å². The number of thiazole rings is 1. The number of ether oxygens (including phenoxy) is 2.